The highest BCUT2D eigenvalue weighted by Gasteiger charge is 2.02. The maximum absolute atomic E-state index is 11.9. The molecule has 0 N–H and O–H groups in total. The first-order valence-corrected chi connectivity index (χ1v) is 17.3. The van der Waals surface area contributed by atoms with E-state index in [4.69, 9.17) is 4.74 Å². The van der Waals surface area contributed by atoms with E-state index in [0.717, 1.165) is 12.8 Å². The van der Waals surface area contributed by atoms with Gasteiger partial charge in [0.2, 0.25) is 0 Å². The van der Waals surface area contributed by atoms with Gasteiger partial charge in [0.15, 0.2) is 0 Å². The van der Waals surface area contributed by atoms with Crippen LogP contribution in [0.4, 0.5) is 0 Å². The molecular weight excluding hydrogens is 464 g/mol. The number of ether oxygens (including phenoxy) is 1. The summed E-state index contributed by atoms with van der Waals surface area (Å²) in [6.45, 7) is 5.17. The highest BCUT2D eigenvalue weighted by molar-refractivity contribution is 5.69. The molecule has 0 aliphatic rings. The van der Waals surface area contributed by atoms with Crippen molar-refractivity contribution in [2.45, 2.75) is 194 Å². The van der Waals surface area contributed by atoms with E-state index in [-0.39, 0.29) is 5.97 Å². The molecule has 2 heteroatoms. The molecule has 0 bridgehead atoms. The molecule has 38 heavy (non-hydrogen) atoms. The lowest BCUT2D eigenvalue weighted by atomic mass is 10.1. The van der Waals surface area contributed by atoms with E-state index in [2.05, 4.69) is 38.2 Å². The van der Waals surface area contributed by atoms with E-state index in [9.17, 15) is 4.79 Å². The lowest BCUT2D eigenvalue weighted by Gasteiger charge is -2.05. The monoisotopic (exact) mass is 533 g/mol. The van der Waals surface area contributed by atoms with Crippen LogP contribution in [0.15, 0.2) is 24.3 Å². The molecule has 2 nitrogen and oxygen atoms in total. The summed E-state index contributed by atoms with van der Waals surface area (Å²) >= 11 is 0. The van der Waals surface area contributed by atoms with E-state index >= 15 is 0 Å². The van der Waals surface area contributed by atoms with Crippen molar-refractivity contribution in [3.63, 3.8) is 0 Å². The van der Waals surface area contributed by atoms with E-state index in [1.165, 1.54) is 161 Å². The van der Waals surface area contributed by atoms with Crippen LogP contribution in [0, 0.1) is 0 Å². The molecule has 0 aromatic rings. The molecule has 0 aromatic heterocycles. The van der Waals surface area contributed by atoms with E-state index in [0.29, 0.717) is 13.0 Å². The Hall–Kier alpha value is -1.05. The quantitative estimate of drug-likeness (QED) is 0.0504. The van der Waals surface area contributed by atoms with Crippen molar-refractivity contribution in [3.8, 4) is 0 Å². The summed E-state index contributed by atoms with van der Waals surface area (Å²) in [5.74, 6) is 0.0132. The molecule has 0 fully saturated rings. The topological polar surface area (TPSA) is 26.3 Å². The van der Waals surface area contributed by atoms with Gasteiger partial charge in [-0.15, -0.1) is 0 Å². The summed E-state index contributed by atoms with van der Waals surface area (Å²) in [6.07, 6.45) is 45.2. The van der Waals surface area contributed by atoms with Crippen molar-refractivity contribution in [3.05, 3.63) is 24.3 Å². The highest BCUT2D eigenvalue weighted by Crippen LogP contribution is 2.12. The molecule has 0 aliphatic carbocycles. The molecule has 0 unspecified atom stereocenters. The normalized spacial score (nSPS) is 11.7. The Kier molecular flexibility index (Phi) is 33.0. The van der Waals surface area contributed by atoms with Crippen LogP contribution in [0.1, 0.15) is 194 Å². The summed E-state index contributed by atoms with van der Waals surface area (Å²) in [4.78, 5) is 11.9. The molecule has 0 rings (SSSR count). The molecule has 0 aromatic carbocycles. The van der Waals surface area contributed by atoms with Gasteiger partial charge >= 0.3 is 5.97 Å². The number of carbonyl (C=O) groups excluding carboxylic acids is 1. The van der Waals surface area contributed by atoms with Gasteiger partial charge in [-0.3, -0.25) is 4.79 Å². The number of allylic oxidation sites excluding steroid dienone is 4. The van der Waals surface area contributed by atoms with Crippen molar-refractivity contribution in [2.24, 2.45) is 0 Å². The Bertz CT molecular complexity index is 507. The number of hydrogen-bond acceptors (Lipinski definition) is 2. The first kappa shape index (κ1) is 37.0. The molecule has 0 amide bonds. The Balaban J connectivity index is 3.22. The number of carbonyl (C=O) groups is 1. The SMILES string of the molecule is CCCCCCC=CCCCCCCCCCC(=O)OCCCCCCCC/C=C\CCCCCCCC. The summed E-state index contributed by atoms with van der Waals surface area (Å²) < 4.78 is 5.43. The lowest BCUT2D eigenvalue weighted by molar-refractivity contribution is -0.143. The van der Waals surface area contributed by atoms with Crippen LogP contribution < -0.4 is 0 Å². The van der Waals surface area contributed by atoms with Crippen molar-refractivity contribution in [1.82, 2.24) is 0 Å². The predicted molar refractivity (Wildman–Crippen MR) is 170 cm³/mol. The average Bonchev–Trinajstić information content (AvgIpc) is 2.92. The molecule has 0 aliphatic heterocycles. The molecule has 0 heterocycles. The predicted octanol–water partition coefficient (Wildman–Crippen LogP) is 12.6. The largest absolute Gasteiger partial charge is 0.466 e. The molecule has 0 atom stereocenters. The average molecular weight is 533 g/mol. The highest BCUT2D eigenvalue weighted by atomic mass is 16.5. The van der Waals surface area contributed by atoms with Crippen molar-refractivity contribution in [2.75, 3.05) is 6.61 Å². The number of esters is 1. The van der Waals surface area contributed by atoms with Crippen LogP contribution in [0.25, 0.3) is 0 Å². The Morgan fingerprint density at radius 3 is 1.16 bits per heavy atom. The summed E-state index contributed by atoms with van der Waals surface area (Å²) in [6, 6.07) is 0. The van der Waals surface area contributed by atoms with E-state index < -0.39 is 0 Å². The van der Waals surface area contributed by atoms with Gasteiger partial charge in [0.05, 0.1) is 6.61 Å². The zero-order valence-electron chi connectivity index (χ0n) is 26.1. The minimum Gasteiger partial charge on any atom is -0.466 e. The third-order valence-electron chi connectivity index (χ3n) is 7.56. The van der Waals surface area contributed by atoms with Crippen LogP contribution in [-0.2, 0) is 9.53 Å². The first-order valence-electron chi connectivity index (χ1n) is 17.3. The Morgan fingerprint density at radius 1 is 0.421 bits per heavy atom. The van der Waals surface area contributed by atoms with E-state index in [1.54, 1.807) is 0 Å². The van der Waals surface area contributed by atoms with Gasteiger partial charge < -0.3 is 4.74 Å². The van der Waals surface area contributed by atoms with E-state index in [1.807, 2.05) is 0 Å². The number of rotatable bonds is 31. The van der Waals surface area contributed by atoms with Gasteiger partial charge in [-0.25, -0.2) is 0 Å². The maximum Gasteiger partial charge on any atom is 0.305 e. The second-order valence-electron chi connectivity index (χ2n) is 11.5. The molecular formula is C36H68O2. The zero-order chi connectivity index (χ0) is 27.6. The number of hydrogen-bond donors (Lipinski definition) is 0. The fourth-order valence-corrected chi connectivity index (χ4v) is 4.95. The van der Waals surface area contributed by atoms with Gasteiger partial charge in [-0.2, -0.15) is 0 Å². The second kappa shape index (κ2) is 34.0. The first-order chi connectivity index (χ1) is 18.8. The summed E-state index contributed by atoms with van der Waals surface area (Å²) in [7, 11) is 0. The number of unbranched alkanes of at least 4 members (excludes halogenated alkanes) is 23. The van der Waals surface area contributed by atoms with Crippen LogP contribution in [-0.4, -0.2) is 12.6 Å². The fraction of sp³-hybridized carbons (Fsp3) is 0.861. The molecule has 0 saturated carbocycles. The molecule has 0 spiro atoms. The van der Waals surface area contributed by atoms with Gasteiger partial charge in [0.1, 0.15) is 0 Å². The standard InChI is InChI=1S/C36H68O2/c1-3-5-7-9-11-13-15-17-19-21-23-25-27-29-31-33-35-38-36(37)34-32-30-28-26-24-22-20-18-16-14-12-10-8-6-4-2/h14,16-17,19H,3-13,15,18,20-35H2,1-2H3/b16-14?,19-17-. The minimum absolute atomic E-state index is 0.0132. The molecule has 224 valence electrons. The van der Waals surface area contributed by atoms with Crippen molar-refractivity contribution < 1.29 is 9.53 Å². The second-order valence-corrected chi connectivity index (χ2v) is 11.5. The van der Waals surface area contributed by atoms with Crippen LogP contribution in [0.2, 0.25) is 0 Å². The fourth-order valence-electron chi connectivity index (χ4n) is 4.95. The summed E-state index contributed by atoms with van der Waals surface area (Å²) in [5, 5.41) is 0. The van der Waals surface area contributed by atoms with Crippen molar-refractivity contribution >= 4 is 5.97 Å². The van der Waals surface area contributed by atoms with Crippen LogP contribution in [0.5, 0.6) is 0 Å². The van der Waals surface area contributed by atoms with Gasteiger partial charge in [-0.1, -0.05) is 147 Å². The lowest BCUT2D eigenvalue weighted by Crippen LogP contribution is -2.05. The maximum atomic E-state index is 11.9. The summed E-state index contributed by atoms with van der Waals surface area (Å²) in [5.41, 5.74) is 0. The Morgan fingerprint density at radius 2 is 0.737 bits per heavy atom. The van der Waals surface area contributed by atoms with Gasteiger partial charge in [0.25, 0.3) is 0 Å². The Labute approximate surface area is 239 Å². The van der Waals surface area contributed by atoms with Crippen LogP contribution >= 0.6 is 0 Å². The third-order valence-corrected chi connectivity index (χ3v) is 7.56. The van der Waals surface area contributed by atoms with Gasteiger partial charge in [-0.05, 0) is 64.2 Å². The minimum atomic E-state index is 0.0132. The third kappa shape index (κ3) is 33.0. The van der Waals surface area contributed by atoms with Gasteiger partial charge in [0, 0.05) is 6.42 Å². The zero-order valence-corrected chi connectivity index (χ0v) is 26.1. The smallest absolute Gasteiger partial charge is 0.305 e. The van der Waals surface area contributed by atoms with Crippen molar-refractivity contribution in [1.29, 1.82) is 0 Å². The van der Waals surface area contributed by atoms with Crippen LogP contribution in [0.3, 0.4) is 0 Å². The molecule has 0 saturated heterocycles. The molecule has 0 radical (unpaired) electrons.